The molecule has 1 fully saturated rings. The Labute approximate surface area is 141 Å². The van der Waals surface area contributed by atoms with Crippen LogP contribution in [0.2, 0.25) is 5.02 Å². The van der Waals surface area contributed by atoms with Gasteiger partial charge in [-0.3, -0.25) is 4.79 Å². The van der Waals surface area contributed by atoms with Crippen LogP contribution in [-0.2, 0) is 14.3 Å². The van der Waals surface area contributed by atoms with Gasteiger partial charge < -0.3 is 14.5 Å². The van der Waals surface area contributed by atoms with Gasteiger partial charge in [-0.1, -0.05) is 18.2 Å². The average Bonchev–Trinajstić information content (AvgIpc) is 2.54. The maximum absolute atomic E-state index is 12.0. The molecule has 0 atom stereocenters. The smallest absolute Gasteiger partial charge is 0.397 e. The first kappa shape index (κ1) is 17.3. The van der Waals surface area contributed by atoms with Gasteiger partial charge in [-0.05, 0) is 37.6 Å². The normalized spacial score (nSPS) is 14.6. The summed E-state index contributed by atoms with van der Waals surface area (Å²) in [5.41, 5.74) is 2.99. The van der Waals surface area contributed by atoms with E-state index in [-0.39, 0.29) is 6.61 Å². The van der Waals surface area contributed by atoms with Crippen molar-refractivity contribution in [3.63, 3.8) is 0 Å². The molecule has 6 heteroatoms. The molecule has 23 heavy (non-hydrogen) atoms. The van der Waals surface area contributed by atoms with Gasteiger partial charge >= 0.3 is 11.9 Å². The largest absolute Gasteiger partial charge is 0.459 e. The van der Waals surface area contributed by atoms with Crippen LogP contribution < -0.4 is 4.90 Å². The van der Waals surface area contributed by atoms with Crippen molar-refractivity contribution in [2.75, 3.05) is 37.7 Å². The van der Waals surface area contributed by atoms with E-state index >= 15 is 0 Å². The number of rotatable bonds is 3. The van der Waals surface area contributed by atoms with E-state index in [9.17, 15) is 9.59 Å². The van der Waals surface area contributed by atoms with E-state index in [2.05, 4.69) is 11.5 Å². The fourth-order valence-corrected chi connectivity index (χ4v) is 2.77. The Morgan fingerprint density at radius 3 is 2.48 bits per heavy atom. The summed E-state index contributed by atoms with van der Waals surface area (Å²) in [5, 5.41) is 0.669. The molecular weight excluding hydrogens is 316 g/mol. The predicted octanol–water partition coefficient (Wildman–Crippen LogP) is 2.58. The third-order valence-corrected chi connectivity index (χ3v) is 4.01. The van der Waals surface area contributed by atoms with Gasteiger partial charge in [-0.15, -0.1) is 0 Å². The number of hydrogen-bond donors (Lipinski definition) is 0. The van der Waals surface area contributed by atoms with Gasteiger partial charge in [0, 0.05) is 42.5 Å². The summed E-state index contributed by atoms with van der Waals surface area (Å²) in [4.78, 5) is 27.2. The Bertz CT molecular complexity index is 622. The minimum absolute atomic E-state index is 0.206. The van der Waals surface area contributed by atoms with Crippen molar-refractivity contribution >= 4 is 34.7 Å². The molecule has 1 aliphatic heterocycles. The van der Waals surface area contributed by atoms with Crippen LogP contribution in [0.4, 0.5) is 5.69 Å². The number of esters is 1. The number of hydrogen-bond acceptors (Lipinski definition) is 4. The summed E-state index contributed by atoms with van der Waals surface area (Å²) in [6.07, 6.45) is 0. The summed E-state index contributed by atoms with van der Waals surface area (Å²) < 4.78 is 4.76. The molecule has 5 nitrogen and oxygen atoms in total. The molecule has 1 aliphatic rings. The van der Waals surface area contributed by atoms with Crippen molar-refractivity contribution in [2.24, 2.45) is 0 Å². The zero-order valence-corrected chi connectivity index (χ0v) is 14.2. The number of carbonyl (C=O) groups excluding carboxylic acids is 2. The monoisotopic (exact) mass is 336 g/mol. The number of anilines is 1. The molecule has 0 aliphatic carbocycles. The zero-order valence-electron chi connectivity index (χ0n) is 13.5. The van der Waals surface area contributed by atoms with Gasteiger partial charge in [-0.25, -0.2) is 4.79 Å². The van der Waals surface area contributed by atoms with Gasteiger partial charge in [0.1, 0.15) is 0 Å². The maximum atomic E-state index is 12.0. The van der Waals surface area contributed by atoms with Gasteiger partial charge in [0.25, 0.3) is 0 Å². The lowest BCUT2D eigenvalue weighted by molar-refractivity contribution is -0.160. The molecule has 0 spiro atoms. The molecule has 1 saturated heterocycles. The van der Waals surface area contributed by atoms with E-state index in [4.69, 9.17) is 16.3 Å². The quantitative estimate of drug-likeness (QED) is 0.629. The van der Waals surface area contributed by atoms with E-state index in [1.54, 1.807) is 6.92 Å². The average molecular weight is 337 g/mol. The van der Waals surface area contributed by atoms with Gasteiger partial charge in [-0.2, -0.15) is 0 Å². The highest BCUT2D eigenvalue weighted by Crippen LogP contribution is 2.30. The highest BCUT2D eigenvalue weighted by Gasteiger charge is 2.27. The molecule has 2 rings (SSSR count). The van der Waals surface area contributed by atoms with Crippen molar-refractivity contribution in [3.8, 4) is 0 Å². The molecule has 0 radical (unpaired) electrons. The fraction of sp³-hybridized carbons (Fsp3) is 0.412. The lowest BCUT2D eigenvalue weighted by Crippen LogP contribution is -2.51. The first-order valence-electron chi connectivity index (χ1n) is 7.60. The molecule has 0 bridgehead atoms. The summed E-state index contributed by atoms with van der Waals surface area (Å²) in [6, 6.07) is 5.71. The number of nitrogens with zero attached hydrogens (tertiary/aromatic N) is 2. The number of piperazine rings is 1. The minimum Gasteiger partial charge on any atom is -0.459 e. The first-order valence-corrected chi connectivity index (χ1v) is 7.98. The van der Waals surface area contributed by atoms with E-state index in [0.717, 1.165) is 16.8 Å². The van der Waals surface area contributed by atoms with E-state index < -0.39 is 11.9 Å². The summed E-state index contributed by atoms with van der Waals surface area (Å²) in [7, 11) is 0. The van der Waals surface area contributed by atoms with Crippen LogP contribution in [0.1, 0.15) is 19.4 Å². The van der Waals surface area contributed by atoms with Crippen molar-refractivity contribution in [3.05, 3.63) is 35.4 Å². The molecule has 1 aromatic rings. The molecule has 0 unspecified atom stereocenters. The Kier molecular flexibility index (Phi) is 5.66. The fourth-order valence-electron chi connectivity index (χ4n) is 2.60. The maximum Gasteiger partial charge on any atom is 0.397 e. The lowest BCUT2D eigenvalue weighted by atomic mass is 10.1. The Hall–Kier alpha value is -2.01. The van der Waals surface area contributed by atoms with E-state index in [1.807, 2.05) is 25.1 Å². The highest BCUT2D eigenvalue weighted by atomic mass is 35.5. The Morgan fingerprint density at radius 2 is 1.91 bits per heavy atom. The summed E-state index contributed by atoms with van der Waals surface area (Å²) >= 11 is 6.07. The molecule has 1 heterocycles. The second-order valence-corrected chi connectivity index (χ2v) is 5.88. The van der Waals surface area contributed by atoms with Crippen LogP contribution in [0.5, 0.6) is 0 Å². The lowest BCUT2D eigenvalue weighted by Gasteiger charge is -2.36. The number of carbonyl (C=O) groups is 2. The molecule has 1 amide bonds. The minimum atomic E-state index is -0.782. The van der Waals surface area contributed by atoms with Crippen LogP contribution in [0.15, 0.2) is 24.8 Å². The van der Waals surface area contributed by atoms with E-state index in [1.165, 1.54) is 4.90 Å². The number of allylic oxidation sites excluding steroid dienone is 1. The second-order valence-electron chi connectivity index (χ2n) is 5.44. The highest BCUT2D eigenvalue weighted by molar-refractivity contribution is 6.32. The van der Waals surface area contributed by atoms with Crippen molar-refractivity contribution in [2.45, 2.75) is 13.8 Å². The first-order chi connectivity index (χ1) is 10.9. The van der Waals surface area contributed by atoms with Crippen LogP contribution in [-0.4, -0.2) is 49.6 Å². The Balaban J connectivity index is 2.06. The second kappa shape index (κ2) is 7.51. The topological polar surface area (TPSA) is 49.9 Å². The summed E-state index contributed by atoms with van der Waals surface area (Å²) in [6.45, 7) is 10.1. The molecule has 1 aromatic carbocycles. The van der Waals surface area contributed by atoms with Crippen molar-refractivity contribution < 1.29 is 14.3 Å². The van der Waals surface area contributed by atoms with Crippen LogP contribution in [0.25, 0.3) is 5.57 Å². The summed E-state index contributed by atoms with van der Waals surface area (Å²) in [5.74, 6) is -1.35. The van der Waals surface area contributed by atoms with Crippen LogP contribution in [0.3, 0.4) is 0 Å². The van der Waals surface area contributed by atoms with Crippen molar-refractivity contribution in [1.82, 2.24) is 4.90 Å². The number of benzene rings is 1. The standard InChI is InChI=1S/C17H21ClN2O3/c1-4-23-17(22)16(21)20-9-7-19(8-10-20)15-6-5-13(18)11-14(15)12(2)3/h5-6,11H,2,4,7-10H2,1,3H3. The Morgan fingerprint density at radius 1 is 1.26 bits per heavy atom. The number of ether oxygens (including phenoxy) is 1. The molecule has 0 aromatic heterocycles. The van der Waals surface area contributed by atoms with Crippen LogP contribution in [0, 0.1) is 0 Å². The van der Waals surface area contributed by atoms with Crippen molar-refractivity contribution in [1.29, 1.82) is 0 Å². The molecular formula is C17H21ClN2O3. The van der Waals surface area contributed by atoms with Gasteiger partial charge in [0.15, 0.2) is 0 Å². The van der Waals surface area contributed by atoms with Gasteiger partial charge in [0.05, 0.1) is 6.61 Å². The van der Waals surface area contributed by atoms with Gasteiger partial charge in [0.2, 0.25) is 0 Å². The molecule has 0 saturated carbocycles. The third-order valence-electron chi connectivity index (χ3n) is 3.78. The van der Waals surface area contributed by atoms with E-state index in [0.29, 0.717) is 31.2 Å². The van der Waals surface area contributed by atoms with Crippen LogP contribution >= 0.6 is 11.6 Å². The number of amides is 1. The number of halogens is 1. The zero-order chi connectivity index (χ0) is 17.0. The predicted molar refractivity (Wildman–Crippen MR) is 91.6 cm³/mol. The molecule has 124 valence electrons. The SMILES string of the molecule is C=C(C)c1cc(Cl)ccc1N1CCN(C(=O)C(=O)OCC)CC1. The molecule has 0 N–H and O–H groups in total. The third kappa shape index (κ3) is 4.05.